The summed E-state index contributed by atoms with van der Waals surface area (Å²) in [6, 6.07) is 0. The van der Waals surface area contributed by atoms with Crippen molar-refractivity contribution in [1.82, 2.24) is 10.3 Å². The first-order chi connectivity index (χ1) is 9.34. The third kappa shape index (κ3) is 5.76. The molecule has 1 heterocycles. The maximum atomic E-state index is 12.9. The molecule has 7 heteroatoms. The molecule has 1 rings (SSSR count). The molecule has 0 aromatic carbocycles. The van der Waals surface area contributed by atoms with Gasteiger partial charge in [-0.25, -0.2) is 4.98 Å². The highest BCUT2D eigenvalue weighted by Gasteiger charge is 2.37. The van der Waals surface area contributed by atoms with Gasteiger partial charge in [0.25, 0.3) is 0 Å². The van der Waals surface area contributed by atoms with E-state index in [4.69, 9.17) is 4.74 Å². The summed E-state index contributed by atoms with van der Waals surface area (Å²) in [7, 11) is 0. The van der Waals surface area contributed by atoms with Crippen LogP contribution >= 0.6 is 11.3 Å². The Balaban J connectivity index is 2.73. The second kappa shape index (κ2) is 7.95. The fourth-order valence-electron chi connectivity index (χ4n) is 1.63. The monoisotopic (exact) mass is 310 g/mol. The highest BCUT2D eigenvalue weighted by Crippen LogP contribution is 2.34. The predicted molar refractivity (Wildman–Crippen MR) is 73.9 cm³/mol. The molecule has 1 aromatic rings. The Morgan fingerprint density at radius 3 is 2.60 bits per heavy atom. The van der Waals surface area contributed by atoms with Crippen LogP contribution in [0.15, 0.2) is 0 Å². The molecule has 0 aliphatic rings. The Kier molecular flexibility index (Phi) is 6.91. The number of rotatable bonds is 8. The summed E-state index contributed by atoms with van der Waals surface area (Å²) in [5.41, 5.74) is -0.759. The Morgan fingerprint density at radius 1 is 1.35 bits per heavy atom. The van der Waals surface area contributed by atoms with Crippen molar-refractivity contribution < 1.29 is 17.9 Å². The zero-order valence-electron chi connectivity index (χ0n) is 12.0. The van der Waals surface area contributed by atoms with Crippen LogP contribution in [0.3, 0.4) is 0 Å². The van der Waals surface area contributed by atoms with Crippen LogP contribution in [0.5, 0.6) is 0 Å². The molecule has 0 radical (unpaired) electrons. The van der Waals surface area contributed by atoms with E-state index in [9.17, 15) is 13.2 Å². The zero-order chi connectivity index (χ0) is 15.2. The summed E-state index contributed by atoms with van der Waals surface area (Å²) in [6.07, 6.45) is -3.97. The van der Waals surface area contributed by atoms with E-state index in [0.29, 0.717) is 37.1 Å². The molecule has 0 saturated heterocycles. The lowest BCUT2D eigenvalue weighted by molar-refractivity contribution is -0.141. The lowest BCUT2D eigenvalue weighted by Gasteiger charge is -2.08. The molecule has 0 unspecified atom stereocenters. The molecule has 0 atom stereocenters. The number of alkyl halides is 3. The summed E-state index contributed by atoms with van der Waals surface area (Å²) in [6.45, 7) is 7.73. The van der Waals surface area contributed by atoms with E-state index in [1.165, 1.54) is 0 Å². The lowest BCUT2D eigenvalue weighted by atomic mass is 10.2. The van der Waals surface area contributed by atoms with Crippen LogP contribution < -0.4 is 5.32 Å². The highest BCUT2D eigenvalue weighted by molar-refractivity contribution is 7.11. The molecule has 0 saturated carbocycles. The predicted octanol–water partition coefficient (Wildman–Crippen LogP) is 3.49. The van der Waals surface area contributed by atoms with Gasteiger partial charge in [0, 0.05) is 19.6 Å². The van der Waals surface area contributed by atoms with Crippen LogP contribution in [0.2, 0.25) is 0 Å². The summed E-state index contributed by atoms with van der Waals surface area (Å²) >= 11 is 1.11. The molecule has 0 aliphatic heterocycles. The third-order valence-corrected chi connectivity index (χ3v) is 3.63. The van der Waals surface area contributed by atoms with Crippen LogP contribution in [-0.2, 0) is 23.9 Å². The number of ether oxygens (including phenoxy) is 1. The first-order valence-electron chi connectivity index (χ1n) is 6.68. The molecule has 0 bridgehead atoms. The van der Waals surface area contributed by atoms with Gasteiger partial charge in [0.1, 0.15) is 0 Å². The van der Waals surface area contributed by atoms with Gasteiger partial charge >= 0.3 is 6.18 Å². The average molecular weight is 310 g/mol. The van der Waals surface area contributed by atoms with E-state index in [0.717, 1.165) is 11.3 Å². The van der Waals surface area contributed by atoms with Crippen molar-refractivity contribution in [3.05, 3.63) is 15.6 Å². The lowest BCUT2D eigenvalue weighted by Crippen LogP contribution is -2.20. The molecule has 1 aromatic heterocycles. The van der Waals surface area contributed by atoms with Gasteiger partial charge in [0.05, 0.1) is 16.5 Å². The minimum absolute atomic E-state index is 0.208. The number of thiazole rings is 1. The molecule has 0 spiro atoms. The summed E-state index contributed by atoms with van der Waals surface area (Å²) in [5.74, 6) is 0.398. The number of hydrogen-bond donors (Lipinski definition) is 1. The van der Waals surface area contributed by atoms with Crippen LogP contribution in [0.25, 0.3) is 0 Å². The van der Waals surface area contributed by atoms with E-state index in [-0.39, 0.29) is 11.4 Å². The van der Waals surface area contributed by atoms with Crippen molar-refractivity contribution >= 4 is 11.3 Å². The third-order valence-electron chi connectivity index (χ3n) is 2.51. The molecular weight excluding hydrogens is 289 g/mol. The molecule has 0 fully saturated rings. The quantitative estimate of drug-likeness (QED) is 0.746. The topological polar surface area (TPSA) is 34.1 Å². The van der Waals surface area contributed by atoms with Gasteiger partial charge in [-0.3, -0.25) is 0 Å². The molecular formula is C13H21F3N2OS. The first-order valence-corrected chi connectivity index (χ1v) is 7.50. The number of hydrogen-bond acceptors (Lipinski definition) is 4. The van der Waals surface area contributed by atoms with Crippen LogP contribution in [0.1, 0.15) is 36.3 Å². The largest absolute Gasteiger partial charge is 0.434 e. The maximum absolute atomic E-state index is 12.9. The van der Waals surface area contributed by atoms with Gasteiger partial charge in [-0.15, -0.1) is 11.3 Å². The minimum atomic E-state index is -4.39. The Morgan fingerprint density at radius 2 is 2.05 bits per heavy atom. The Bertz CT molecular complexity index is 405. The highest BCUT2D eigenvalue weighted by atomic mass is 32.1. The standard InChI is InChI=1S/C13H21F3N2OS/c1-4-19-6-5-11-18-12(13(14,15)16)10(20-11)8-17-7-9(2)3/h9,17H,4-8H2,1-3H3. The normalized spacial score (nSPS) is 12.3. The van der Waals surface area contributed by atoms with Crippen molar-refractivity contribution in [2.45, 2.75) is 39.9 Å². The summed E-state index contributed by atoms with van der Waals surface area (Å²) in [5, 5.41) is 3.51. The van der Waals surface area contributed by atoms with Gasteiger partial charge < -0.3 is 10.1 Å². The van der Waals surface area contributed by atoms with E-state index in [2.05, 4.69) is 10.3 Å². The van der Waals surface area contributed by atoms with E-state index < -0.39 is 11.9 Å². The molecule has 116 valence electrons. The number of halogens is 3. The van der Waals surface area contributed by atoms with E-state index in [1.807, 2.05) is 20.8 Å². The Hall–Kier alpha value is -0.660. The number of aromatic nitrogens is 1. The van der Waals surface area contributed by atoms with Crippen LogP contribution in [-0.4, -0.2) is 24.7 Å². The van der Waals surface area contributed by atoms with Crippen molar-refractivity contribution in [3.8, 4) is 0 Å². The van der Waals surface area contributed by atoms with Crippen molar-refractivity contribution in [2.75, 3.05) is 19.8 Å². The van der Waals surface area contributed by atoms with Gasteiger partial charge in [0.15, 0.2) is 5.69 Å². The van der Waals surface area contributed by atoms with Gasteiger partial charge in [-0.2, -0.15) is 13.2 Å². The molecule has 1 N–H and O–H groups in total. The van der Waals surface area contributed by atoms with Crippen LogP contribution in [0.4, 0.5) is 13.2 Å². The second-order valence-electron chi connectivity index (χ2n) is 4.85. The van der Waals surface area contributed by atoms with Gasteiger partial charge in [-0.1, -0.05) is 13.8 Å². The van der Waals surface area contributed by atoms with Crippen molar-refractivity contribution in [1.29, 1.82) is 0 Å². The zero-order valence-corrected chi connectivity index (χ0v) is 12.8. The molecule has 20 heavy (non-hydrogen) atoms. The van der Waals surface area contributed by atoms with Gasteiger partial charge in [-0.05, 0) is 19.4 Å². The van der Waals surface area contributed by atoms with E-state index in [1.54, 1.807) is 0 Å². The average Bonchev–Trinajstić information content (AvgIpc) is 2.72. The fraction of sp³-hybridized carbons (Fsp3) is 0.769. The van der Waals surface area contributed by atoms with Gasteiger partial charge in [0.2, 0.25) is 0 Å². The Labute approximate surface area is 121 Å². The smallest absolute Gasteiger partial charge is 0.381 e. The minimum Gasteiger partial charge on any atom is -0.381 e. The van der Waals surface area contributed by atoms with Crippen LogP contribution in [0, 0.1) is 5.92 Å². The maximum Gasteiger partial charge on any atom is 0.434 e. The molecule has 0 aliphatic carbocycles. The molecule has 3 nitrogen and oxygen atoms in total. The SMILES string of the molecule is CCOCCc1nc(C(F)(F)F)c(CNCC(C)C)s1. The van der Waals surface area contributed by atoms with Crippen molar-refractivity contribution in [3.63, 3.8) is 0 Å². The first kappa shape index (κ1) is 17.4. The second-order valence-corrected chi connectivity index (χ2v) is 6.02. The summed E-state index contributed by atoms with van der Waals surface area (Å²) in [4.78, 5) is 3.98. The molecule has 0 amide bonds. The number of nitrogens with one attached hydrogen (secondary N) is 1. The van der Waals surface area contributed by atoms with E-state index >= 15 is 0 Å². The fourth-order valence-corrected chi connectivity index (χ4v) is 2.67. The summed E-state index contributed by atoms with van der Waals surface area (Å²) < 4.78 is 43.9. The van der Waals surface area contributed by atoms with Crippen molar-refractivity contribution in [2.24, 2.45) is 5.92 Å². The number of nitrogens with zero attached hydrogens (tertiary/aromatic N) is 1.